The molecule has 1 heterocycles. The van der Waals surface area contributed by atoms with E-state index in [9.17, 15) is 9.50 Å². The zero-order valence-corrected chi connectivity index (χ0v) is 12.0. The lowest BCUT2D eigenvalue weighted by atomic mass is 9.83. The third-order valence-corrected chi connectivity index (χ3v) is 4.55. The summed E-state index contributed by atoms with van der Waals surface area (Å²) < 4.78 is 19.2. The minimum atomic E-state index is -0.443. The number of aliphatic hydroxyl groups is 1. The van der Waals surface area contributed by atoms with Crippen LogP contribution in [0.4, 0.5) is 4.39 Å². The molecule has 100 valence electrons. The summed E-state index contributed by atoms with van der Waals surface area (Å²) in [4.78, 5) is 0. The minimum absolute atomic E-state index is 0.230. The largest absolute Gasteiger partial charge is 0.392 e. The second-order valence-corrected chi connectivity index (χ2v) is 5.78. The lowest BCUT2D eigenvalue weighted by Gasteiger charge is -2.32. The Labute approximate surface area is 115 Å². The quantitative estimate of drug-likeness (QED) is 0.928. The van der Waals surface area contributed by atoms with Crippen molar-refractivity contribution in [1.29, 1.82) is 0 Å². The number of hydrogen-bond acceptors (Lipinski definition) is 2. The lowest BCUT2D eigenvalue weighted by molar-refractivity contribution is -0.0295. The van der Waals surface area contributed by atoms with Crippen molar-refractivity contribution in [2.75, 3.05) is 13.2 Å². The van der Waals surface area contributed by atoms with Gasteiger partial charge in [-0.25, -0.2) is 4.39 Å². The van der Waals surface area contributed by atoms with Gasteiger partial charge in [0.1, 0.15) is 5.82 Å². The van der Waals surface area contributed by atoms with Gasteiger partial charge in [-0.3, -0.25) is 0 Å². The van der Waals surface area contributed by atoms with Crippen LogP contribution in [-0.2, 0) is 11.2 Å². The van der Waals surface area contributed by atoms with Crippen molar-refractivity contribution in [3.05, 3.63) is 34.1 Å². The van der Waals surface area contributed by atoms with Gasteiger partial charge >= 0.3 is 0 Å². The van der Waals surface area contributed by atoms with E-state index < -0.39 is 6.10 Å². The number of halogens is 2. The summed E-state index contributed by atoms with van der Waals surface area (Å²) in [7, 11) is 0. The minimum Gasteiger partial charge on any atom is -0.392 e. The summed E-state index contributed by atoms with van der Waals surface area (Å²) in [5.74, 6) is 0.301. The standard InChI is InChI=1S/C14H18BrFO2/c1-9-8-18-6-5-11(9)13(17)7-10-3-2-4-12(16)14(10)15/h2-4,9,11,13,17H,5-8H2,1H3. The maximum atomic E-state index is 13.4. The van der Waals surface area contributed by atoms with Crippen molar-refractivity contribution in [3.8, 4) is 0 Å². The number of hydrogen-bond donors (Lipinski definition) is 1. The second-order valence-electron chi connectivity index (χ2n) is 4.99. The van der Waals surface area contributed by atoms with Crippen LogP contribution in [0, 0.1) is 17.7 Å². The van der Waals surface area contributed by atoms with E-state index in [2.05, 4.69) is 22.9 Å². The Morgan fingerprint density at radius 1 is 1.56 bits per heavy atom. The molecule has 0 aliphatic carbocycles. The lowest BCUT2D eigenvalue weighted by Crippen LogP contribution is -2.35. The van der Waals surface area contributed by atoms with Crippen LogP contribution < -0.4 is 0 Å². The smallest absolute Gasteiger partial charge is 0.137 e. The molecule has 0 radical (unpaired) electrons. The first kappa shape index (κ1) is 14.0. The van der Waals surface area contributed by atoms with E-state index in [1.54, 1.807) is 6.07 Å². The van der Waals surface area contributed by atoms with E-state index in [0.29, 0.717) is 30.0 Å². The molecule has 0 amide bonds. The summed E-state index contributed by atoms with van der Waals surface area (Å²) in [6.45, 7) is 3.50. The van der Waals surface area contributed by atoms with Crippen molar-refractivity contribution in [1.82, 2.24) is 0 Å². The average Bonchev–Trinajstić information content (AvgIpc) is 2.35. The molecule has 1 aliphatic heterocycles. The van der Waals surface area contributed by atoms with Crippen LogP contribution in [-0.4, -0.2) is 24.4 Å². The van der Waals surface area contributed by atoms with Crippen LogP contribution in [0.2, 0.25) is 0 Å². The molecule has 1 N–H and O–H groups in total. The molecule has 2 rings (SSSR count). The first-order valence-electron chi connectivity index (χ1n) is 6.28. The van der Waals surface area contributed by atoms with Gasteiger partial charge < -0.3 is 9.84 Å². The fraction of sp³-hybridized carbons (Fsp3) is 0.571. The van der Waals surface area contributed by atoms with Gasteiger partial charge in [-0.05, 0) is 52.2 Å². The predicted octanol–water partition coefficient (Wildman–Crippen LogP) is 3.16. The van der Waals surface area contributed by atoms with Gasteiger partial charge in [0.15, 0.2) is 0 Å². The van der Waals surface area contributed by atoms with Gasteiger partial charge in [0.25, 0.3) is 0 Å². The Balaban J connectivity index is 2.06. The Hall–Kier alpha value is -0.450. The van der Waals surface area contributed by atoms with Gasteiger partial charge in [-0.2, -0.15) is 0 Å². The van der Waals surface area contributed by atoms with Crippen LogP contribution in [0.5, 0.6) is 0 Å². The van der Waals surface area contributed by atoms with E-state index in [1.807, 2.05) is 6.07 Å². The molecule has 0 saturated carbocycles. The molecule has 0 bridgehead atoms. The molecule has 4 heteroatoms. The molecule has 1 fully saturated rings. The molecule has 2 nitrogen and oxygen atoms in total. The number of rotatable bonds is 3. The van der Waals surface area contributed by atoms with Crippen molar-refractivity contribution >= 4 is 15.9 Å². The zero-order valence-electron chi connectivity index (χ0n) is 10.4. The molecular weight excluding hydrogens is 299 g/mol. The highest BCUT2D eigenvalue weighted by Crippen LogP contribution is 2.29. The molecule has 1 aromatic carbocycles. The van der Waals surface area contributed by atoms with Crippen LogP contribution in [0.1, 0.15) is 18.9 Å². The Kier molecular flexibility index (Phi) is 4.76. The molecule has 1 saturated heterocycles. The third kappa shape index (κ3) is 3.11. The Morgan fingerprint density at radius 2 is 2.33 bits per heavy atom. The summed E-state index contributed by atoms with van der Waals surface area (Å²) in [5, 5.41) is 10.3. The van der Waals surface area contributed by atoms with Gasteiger partial charge in [0.2, 0.25) is 0 Å². The van der Waals surface area contributed by atoms with Crippen LogP contribution in [0.3, 0.4) is 0 Å². The van der Waals surface area contributed by atoms with Crippen LogP contribution in [0.25, 0.3) is 0 Å². The summed E-state index contributed by atoms with van der Waals surface area (Å²) in [6, 6.07) is 4.94. The zero-order chi connectivity index (χ0) is 13.1. The Morgan fingerprint density at radius 3 is 3.06 bits per heavy atom. The molecular formula is C14H18BrFO2. The number of aliphatic hydroxyl groups excluding tert-OH is 1. The fourth-order valence-electron chi connectivity index (χ4n) is 2.55. The highest BCUT2D eigenvalue weighted by molar-refractivity contribution is 9.10. The average molecular weight is 317 g/mol. The SMILES string of the molecule is CC1COCCC1C(O)Cc1cccc(F)c1Br. The van der Waals surface area contributed by atoms with E-state index in [0.717, 1.165) is 12.0 Å². The molecule has 1 aliphatic rings. The summed E-state index contributed by atoms with van der Waals surface area (Å²) in [5.41, 5.74) is 0.821. The van der Waals surface area contributed by atoms with E-state index in [-0.39, 0.29) is 11.7 Å². The van der Waals surface area contributed by atoms with Crippen molar-refractivity contribution in [3.63, 3.8) is 0 Å². The highest BCUT2D eigenvalue weighted by atomic mass is 79.9. The number of ether oxygens (including phenoxy) is 1. The predicted molar refractivity (Wildman–Crippen MR) is 71.9 cm³/mol. The Bertz CT molecular complexity index is 411. The fourth-order valence-corrected chi connectivity index (χ4v) is 2.98. The van der Waals surface area contributed by atoms with E-state index in [4.69, 9.17) is 4.74 Å². The summed E-state index contributed by atoms with van der Waals surface area (Å²) in [6.07, 6.45) is 0.907. The van der Waals surface area contributed by atoms with Gasteiger partial charge in [0.05, 0.1) is 10.6 Å². The normalized spacial score (nSPS) is 26.0. The van der Waals surface area contributed by atoms with Gasteiger partial charge in [-0.15, -0.1) is 0 Å². The molecule has 18 heavy (non-hydrogen) atoms. The van der Waals surface area contributed by atoms with Crippen LogP contribution in [0.15, 0.2) is 22.7 Å². The van der Waals surface area contributed by atoms with Gasteiger partial charge in [0, 0.05) is 13.2 Å². The maximum absolute atomic E-state index is 13.4. The first-order chi connectivity index (χ1) is 8.59. The first-order valence-corrected chi connectivity index (χ1v) is 7.07. The monoisotopic (exact) mass is 316 g/mol. The molecule has 0 spiro atoms. The van der Waals surface area contributed by atoms with Crippen molar-refractivity contribution in [2.24, 2.45) is 11.8 Å². The van der Waals surface area contributed by atoms with E-state index >= 15 is 0 Å². The second kappa shape index (κ2) is 6.13. The summed E-state index contributed by atoms with van der Waals surface area (Å²) >= 11 is 3.24. The van der Waals surface area contributed by atoms with Gasteiger partial charge in [-0.1, -0.05) is 19.1 Å². The topological polar surface area (TPSA) is 29.5 Å². The van der Waals surface area contributed by atoms with Crippen molar-refractivity contribution in [2.45, 2.75) is 25.9 Å². The molecule has 3 unspecified atom stereocenters. The molecule has 3 atom stereocenters. The third-order valence-electron chi connectivity index (χ3n) is 3.66. The van der Waals surface area contributed by atoms with Crippen molar-refractivity contribution < 1.29 is 14.2 Å². The molecule has 0 aromatic heterocycles. The number of benzene rings is 1. The van der Waals surface area contributed by atoms with E-state index in [1.165, 1.54) is 6.07 Å². The molecule has 1 aromatic rings. The highest BCUT2D eigenvalue weighted by Gasteiger charge is 2.29. The van der Waals surface area contributed by atoms with Crippen LogP contribution >= 0.6 is 15.9 Å². The maximum Gasteiger partial charge on any atom is 0.137 e.